The van der Waals surface area contributed by atoms with Gasteiger partial charge in [-0.25, -0.2) is 4.79 Å². The van der Waals surface area contributed by atoms with Crippen molar-refractivity contribution in [3.63, 3.8) is 0 Å². The normalized spacial score (nSPS) is 17.1. The molecule has 0 saturated heterocycles. The number of hydrogen-bond acceptors (Lipinski definition) is 3. The Morgan fingerprint density at radius 1 is 1.45 bits per heavy atom. The van der Waals surface area contributed by atoms with Gasteiger partial charge < -0.3 is 4.74 Å². The van der Waals surface area contributed by atoms with Crippen molar-refractivity contribution in [3.05, 3.63) is 53.3 Å². The first-order valence-electron chi connectivity index (χ1n) is 6.79. The summed E-state index contributed by atoms with van der Waals surface area (Å²) in [6.45, 7) is 2.93. The topological polar surface area (TPSA) is 58.2 Å². The van der Waals surface area contributed by atoms with Crippen LogP contribution in [0.3, 0.4) is 0 Å². The molecule has 0 spiro atoms. The van der Waals surface area contributed by atoms with Crippen LogP contribution in [0.4, 0.5) is 4.79 Å². The minimum absolute atomic E-state index is 0.0378. The predicted molar refractivity (Wildman–Crippen MR) is 73.8 cm³/mol. The van der Waals surface area contributed by atoms with E-state index in [-0.39, 0.29) is 12.1 Å². The standard InChI is InChI=1S/C15H17N3O2/c1-2-13-14-12(8-16-17-14)9-18(13)15(19)20-10-11-6-4-3-5-7-11/h3-8,13H,2,9-10H2,1H3,(H,16,17). The fraction of sp³-hybridized carbons (Fsp3) is 0.333. The molecule has 1 unspecified atom stereocenters. The van der Waals surface area contributed by atoms with Crippen LogP contribution >= 0.6 is 0 Å². The summed E-state index contributed by atoms with van der Waals surface area (Å²) < 4.78 is 5.40. The van der Waals surface area contributed by atoms with E-state index in [9.17, 15) is 4.79 Å². The number of hydrogen-bond donors (Lipinski definition) is 1. The molecule has 1 aromatic carbocycles. The van der Waals surface area contributed by atoms with E-state index >= 15 is 0 Å². The summed E-state index contributed by atoms with van der Waals surface area (Å²) in [7, 11) is 0. The highest BCUT2D eigenvalue weighted by Crippen LogP contribution is 2.34. The van der Waals surface area contributed by atoms with Gasteiger partial charge in [-0.1, -0.05) is 37.3 Å². The molecule has 1 atom stereocenters. The quantitative estimate of drug-likeness (QED) is 0.933. The number of nitrogens with one attached hydrogen (secondary N) is 1. The van der Waals surface area contributed by atoms with Crippen LogP contribution in [0, 0.1) is 0 Å². The smallest absolute Gasteiger partial charge is 0.410 e. The number of H-pyrrole nitrogens is 1. The van der Waals surface area contributed by atoms with Gasteiger partial charge in [0.15, 0.2) is 0 Å². The van der Waals surface area contributed by atoms with Crippen molar-refractivity contribution in [3.8, 4) is 0 Å². The number of aromatic nitrogens is 2. The Labute approximate surface area is 117 Å². The number of amides is 1. The zero-order chi connectivity index (χ0) is 13.9. The summed E-state index contributed by atoms with van der Waals surface area (Å²) >= 11 is 0. The summed E-state index contributed by atoms with van der Waals surface area (Å²) in [6.07, 6.45) is 2.35. The number of carbonyl (C=O) groups is 1. The third-order valence-corrected chi connectivity index (χ3v) is 3.63. The van der Waals surface area contributed by atoms with E-state index in [1.54, 1.807) is 11.1 Å². The van der Waals surface area contributed by atoms with Crippen LogP contribution < -0.4 is 0 Å². The van der Waals surface area contributed by atoms with Gasteiger partial charge in [0, 0.05) is 5.56 Å². The largest absolute Gasteiger partial charge is 0.445 e. The van der Waals surface area contributed by atoms with Crippen molar-refractivity contribution >= 4 is 6.09 Å². The zero-order valence-electron chi connectivity index (χ0n) is 11.4. The highest BCUT2D eigenvalue weighted by Gasteiger charge is 2.34. The summed E-state index contributed by atoms with van der Waals surface area (Å²) in [5, 5.41) is 7.00. The molecule has 2 heterocycles. The van der Waals surface area contributed by atoms with Gasteiger partial charge in [0.25, 0.3) is 0 Å². The molecule has 0 fully saturated rings. The van der Waals surface area contributed by atoms with E-state index in [1.807, 2.05) is 30.3 Å². The van der Waals surface area contributed by atoms with E-state index in [0.717, 1.165) is 23.2 Å². The molecule has 20 heavy (non-hydrogen) atoms. The molecule has 5 heteroatoms. The fourth-order valence-electron chi connectivity index (χ4n) is 2.60. The third-order valence-electron chi connectivity index (χ3n) is 3.63. The van der Waals surface area contributed by atoms with Crippen LogP contribution in [0.1, 0.15) is 36.2 Å². The molecule has 2 aromatic rings. The van der Waals surface area contributed by atoms with Crippen LogP contribution in [0.2, 0.25) is 0 Å². The molecular weight excluding hydrogens is 254 g/mol. The van der Waals surface area contributed by atoms with Crippen molar-refractivity contribution in [2.24, 2.45) is 0 Å². The molecule has 0 radical (unpaired) electrons. The molecule has 1 aliphatic heterocycles. The highest BCUT2D eigenvalue weighted by molar-refractivity contribution is 5.69. The maximum atomic E-state index is 12.2. The Kier molecular flexibility index (Phi) is 3.41. The van der Waals surface area contributed by atoms with Crippen LogP contribution in [0.15, 0.2) is 36.5 Å². The molecule has 0 aliphatic carbocycles. The second-order valence-electron chi connectivity index (χ2n) is 4.90. The van der Waals surface area contributed by atoms with Crippen molar-refractivity contribution in [2.45, 2.75) is 32.5 Å². The molecule has 104 valence electrons. The molecule has 0 bridgehead atoms. The summed E-state index contributed by atoms with van der Waals surface area (Å²) in [5.41, 5.74) is 3.10. The average molecular weight is 271 g/mol. The van der Waals surface area contributed by atoms with Gasteiger partial charge in [-0.3, -0.25) is 10.00 Å². The van der Waals surface area contributed by atoms with Gasteiger partial charge >= 0.3 is 6.09 Å². The summed E-state index contributed by atoms with van der Waals surface area (Å²) in [5.74, 6) is 0. The predicted octanol–water partition coefficient (Wildman–Crippen LogP) is 3.01. The molecule has 0 saturated carbocycles. The van der Waals surface area contributed by atoms with E-state index in [4.69, 9.17) is 4.74 Å². The second-order valence-corrected chi connectivity index (χ2v) is 4.90. The van der Waals surface area contributed by atoms with Crippen LogP contribution in [0.25, 0.3) is 0 Å². The van der Waals surface area contributed by atoms with Gasteiger partial charge in [0.2, 0.25) is 0 Å². The van der Waals surface area contributed by atoms with E-state index in [1.165, 1.54) is 0 Å². The van der Waals surface area contributed by atoms with Crippen LogP contribution in [-0.2, 0) is 17.9 Å². The maximum Gasteiger partial charge on any atom is 0.410 e. The average Bonchev–Trinajstić information content (AvgIpc) is 3.06. The number of aromatic amines is 1. The first kappa shape index (κ1) is 12.7. The van der Waals surface area contributed by atoms with Gasteiger partial charge in [0.05, 0.1) is 24.5 Å². The number of nitrogens with zero attached hydrogens (tertiary/aromatic N) is 2. The highest BCUT2D eigenvalue weighted by atomic mass is 16.6. The monoisotopic (exact) mass is 271 g/mol. The Balaban J connectivity index is 1.65. The number of rotatable bonds is 3. The summed E-state index contributed by atoms with van der Waals surface area (Å²) in [4.78, 5) is 14.0. The molecule has 1 amide bonds. The van der Waals surface area contributed by atoms with Crippen LogP contribution in [-0.4, -0.2) is 21.2 Å². The molecule has 1 aliphatic rings. The lowest BCUT2D eigenvalue weighted by atomic mass is 10.1. The number of benzene rings is 1. The number of fused-ring (bicyclic) bond motifs is 1. The Bertz CT molecular complexity index is 594. The minimum Gasteiger partial charge on any atom is -0.445 e. The lowest BCUT2D eigenvalue weighted by Crippen LogP contribution is -2.30. The van der Waals surface area contributed by atoms with E-state index in [0.29, 0.717) is 13.2 Å². The molecule has 5 nitrogen and oxygen atoms in total. The molecular formula is C15H17N3O2. The van der Waals surface area contributed by atoms with Crippen molar-refractivity contribution < 1.29 is 9.53 Å². The molecule has 1 aromatic heterocycles. The van der Waals surface area contributed by atoms with E-state index in [2.05, 4.69) is 17.1 Å². The van der Waals surface area contributed by atoms with Crippen molar-refractivity contribution in [1.82, 2.24) is 15.1 Å². The summed E-state index contributed by atoms with van der Waals surface area (Å²) in [6, 6.07) is 9.74. The SMILES string of the molecule is CCC1c2[nH]ncc2CN1C(=O)OCc1ccccc1. The van der Waals surface area contributed by atoms with Gasteiger partial charge in [0.1, 0.15) is 6.61 Å². The minimum atomic E-state index is -0.273. The lowest BCUT2D eigenvalue weighted by molar-refractivity contribution is 0.0816. The van der Waals surface area contributed by atoms with Crippen molar-refractivity contribution in [1.29, 1.82) is 0 Å². The van der Waals surface area contributed by atoms with Gasteiger partial charge in [-0.05, 0) is 12.0 Å². The Morgan fingerprint density at radius 3 is 3.00 bits per heavy atom. The Morgan fingerprint density at radius 2 is 2.25 bits per heavy atom. The number of ether oxygens (including phenoxy) is 1. The second kappa shape index (κ2) is 5.36. The lowest BCUT2D eigenvalue weighted by Gasteiger charge is -2.23. The fourth-order valence-corrected chi connectivity index (χ4v) is 2.60. The number of carbonyl (C=O) groups excluding carboxylic acids is 1. The van der Waals surface area contributed by atoms with Crippen molar-refractivity contribution in [2.75, 3.05) is 0 Å². The third kappa shape index (κ3) is 2.27. The zero-order valence-corrected chi connectivity index (χ0v) is 11.4. The van der Waals surface area contributed by atoms with Gasteiger partial charge in [-0.15, -0.1) is 0 Å². The van der Waals surface area contributed by atoms with Crippen LogP contribution in [0.5, 0.6) is 0 Å². The Hall–Kier alpha value is -2.30. The maximum absolute atomic E-state index is 12.2. The molecule has 1 N–H and O–H groups in total. The molecule has 3 rings (SSSR count). The first-order valence-corrected chi connectivity index (χ1v) is 6.79. The van der Waals surface area contributed by atoms with E-state index < -0.39 is 0 Å². The van der Waals surface area contributed by atoms with Gasteiger partial charge in [-0.2, -0.15) is 5.10 Å². The first-order chi connectivity index (χ1) is 9.79.